The minimum atomic E-state index is -0.236. The van der Waals surface area contributed by atoms with Gasteiger partial charge in [-0.15, -0.1) is 0 Å². The van der Waals surface area contributed by atoms with Gasteiger partial charge in [0.25, 0.3) is 0 Å². The molecule has 1 saturated carbocycles. The van der Waals surface area contributed by atoms with Crippen LogP contribution in [0.5, 0.6) is 0 Å². The number of rotatable bonds is 2. The van der Waals surface area contributed by atoms with Gasteiger partial charge in [0.2, 0.25) is 0 Å². The van der Waals surface area contributed by atoms with E-state index < -0.39 is 0 Å². The summed E-state index contributed by atoms with van der Waals surface area (Å²) >= 11 is 0. The third-order valence-corrected chi connectivity index (χ3v) is 2.73. The highest BCUT2D eigenvalue weighted by molar-refractivity contribution is 5.66. The van der Waals surface area contributed by atoms with Gasteiger partial charge in [0, 0.05) is 6.04 Å². The van der Waals surface area contributed by atoms with Crippen molar-refractivity contribution in [3.63, 3.8) is 0 Å². The number of hydrogen-bond donors (Lipinski definition) is 2. The normalized spacial score (nSPS) is 17.2. The van der Waals surface area contributed by atoms with Crippen LogP contribution in [-0.4, -0.2) is 6.04 Å². The summed E-state index contributed by atoms with van der Waals surface area (Å²) in [5.74, 6) is -0.236. The van der Waals surface area contributed by atoms with Gasteiger partial charge < -0.3 is 11.1 Å². The number of nitrogens with one attached hydrogen (secondary N) is 1. The molecule has 2 nitrogen and oxygen atoms in total. The zero-order valence-electron chi connectivity index (χ0n) is 8.09. The van der Waals surface area contributed by atoms with E-state index in [4.69, 9.17) is 5.73 Å². The lowest BCUT2D eigenvalue weighted by molar-refractivity contribution is 0.627. The van der Waals surface area contributed by atoms with E-state index in [1.165, 1.54) is 25.0 Å². The first-order chi connectivity index (χ1) is 6.75. The molecule has 3 N–H and O–H groups in total. The van der Waals surface area contributed by atoms with Crippen LogP contribution in [0.1, 0.15) is 25.7 Å². The quantitative estimate of drug-likeness (QED) is 0.710. The van der Waals surface area contributed by atoms with Gasteiger partial charge in [0.15, 0.2) is 0 Å². The number of halogens is 1. The molecule has 1 fully saturated rings. The summed E-state index contributed by atoms with van der Waals surface area (Å²) in [6, 6.07) is 4.93. The third-order valence-electron chi connectivity index (χ3n) is 2.73. The Bertz CT molecular complexity index is 319. The minimum absolute atomic E-state index is 0.236. The highest BCUT2D eigenvalue weighted by Crippen LogP contribution is 2.26. The molecule has 1 aromatic rings. The molecule has 0 heterocycles. The number of nitrogens with two attached hydrogens (primary N) is 1. The number of benzene rings is 1. The highest BCUT2D eigenvalue weighted by atomic mass is 19.1. The van der Waals surface area contributed by atoms with E-state index in [2.05, 4.69) is 5.32 Å². The van der Waals surface area contributed by atoms with Crippen molar-refractivity contribution in [3.8, 4) is 0 Å². The van der Waals surface area contributed by atoms with Gasteiger partial charge in [-0.25, -0.2) is 4.39 Å². The van der Waals surface area contributed by atoms with E-state index in [9.17, 15) is 4.39 Å². The first-order valence-corrected chi connectivity index (χ1v) is 5.07. The number of nitrogen functional groups attached to an aromatic ring is 1. The second-order valence-corrected chi connectivity index (χ2v) is 3.86. The standard InChI is InChI=1S/C11H15FN2/c12-8-5-6-10(13)11(7-8)14-9-3-1-2-4-9/h5-7,9,14H,1-4,13H2. The third kappa shape index (κ3) is 1.97. The molecule has 1 aromatic carbocycles. The van der Waals surface area contributed by atoms with E-state index in [1.54, 1.807) is 6.07 Å². The molecule has 0 amide bonds. The van der Waals surface area contributed by atoms with E-state index in [-0.39, 0.29) is 5.82 Å². The molecule has 76 valence electrons. The highest BCUT2D eigenvalue weighted by Gasteiger charge is 2.15. The zero-order chi connectivity index (χ0) is 9.97. The Labute approximate surface area is 83.3 Å². The van der Waals surface area contributed by atoms with Gasteiger partial charge in [0.1, 0.15) is 5.82 Å². The fraction of sp³-hybridized carbons (Fsp3) is 0.455. The largest absolute Gasteiger partial charge is 0.397 e. The molecule has 3 heteroatoms. The molecule has 14 heavy (non-hydrogen) atoms. The molecule has 0 aromatic heterocycles. The molecule has 0 radical (unpaired) electrons. The van der Waals surface area contributed by atoms with Crippen LogP contribution in [-0.2, 0) is 0 Å². The van der Waals surface area contributed by atoms with Gasteiger partial charge in [0.05, 0.1) is 11.4 Å². The zero-order valence-corrected chi connectivity index (χ0v) is 8.09. The van der Waals surface area contributed by atoms with Gasteiger partial charge in [-0.05, 0) is 31.0 Å². The Morgan fingerprint density at radius 1 is 1.29 bits per heavy atom. The predicted octanol–water partition coefficient (Wildman–Crippen LogP) is 2.76. The van der Waals surface area contributed by atoms with E-state index in [1.807, 2.05) is 0 Å². The van der Waals surface area contributed by atoms with Crippen molar-refractivity contribution in [2.45, 2.75) is 31.7 Å². The summed E-state index contributed by atoms with van der Waals surface area (Å²) in [4.78, 5) is 0. The second kappa shape index (κ2) is 3.86. The average Bonchev–Trinajstić information content (AvgIpc) is 2.64. The van der Waals surface area contributed by atoms with E-state index in [0.29, 0.717) is 11.7 Å². The molecular formula is C11H15FN2. The molecule has 0 atom stereocenters. The molecular weight excluding hydrogens is 179 g/mol. The molecule has 0 spiro atoms. The molecule has 0 unspecified atom stereocenters. The minimum Gasteiger partial charge on any atom is -0.397 e. The molecule has 0 aliphatic heterocycles. The summed E-state index contributed by atoms with van der Waals surface area (Å²) in [6.07, 6.45) is 4.84. The average molecular weight is 194 g/mol. The Hall–Kier alpha value is -1.25. The smallest absolute Gasteiger partial charge is 0.125 e. The maximum Gasteiger partial charge on any atom is 0.125 e. The van der Waals surface area contributed by atoms with Crippen molar-refractivity contribution in [2.75, 3.05) is 11.1 Å². The van der Waals surface area contributed by atoms with Crippen LogP contribution >= 0.6 is 0 Å². The second-order valence-electron chi connectivity index (χ2n) is 3.86. The van der Waals surface area contributed by atoms with Crippen molar-refractivity contribution in [3.05, 3.63) is 24.0 Å². The van der Waals surface area contributed by atoms with Crippen LogP contribution in [0.25, 0.3) is 0 Å². The van der Waals surface area contributed by atoms with E-state index in [0.717, 1.165) is 18.5 Å². The summed E-state index contributed by atoms with van der Waals surface area (Å²) in [6.45, 7) is 0. The van der Waals surface area contributed by atoms with Crippen molar-refractivity contribution >= 4 is 11.4 Å². The molecule has 1 aliphatic carbocycles. The fourth-order valence-electron chi connectivity index (χ4n) is 1.94. The monoisotopic (exact) mass is 194 g/mol. The van der Waals surface area contributed by atoms with Gasteiger partial charge in [-0.3, -0.25) is 0 Å². The van der Waals surface area contributed by atoms with E-state index >= 15 is 0 Å². The number of hydrogen-bond acceptors (Lipinski definition) is 2. The maximum atomic E-state index is 12.9. The van der Waals surface area contributed by atoms with Crippen LogP contribution < -0.4 is 11.1 Å². The van der Waals surface area contributed by atoms with Crippen LogP contribution in [0, 0.1) is 5.82 Å². The van der Waals surface area contributed by atoms with Crippen molar-refractivity contribution < 1.29 is 4.39 Å². The molecule has 2 rings (SSSR count). The molecule has 1 aliphatic rings. The van der Waals surface area contributed by atoms with Crippen molar-refractivity contribution in [1.29, 1.82) is 0 Å². The lowest BCUT2D eigenvalue weighted by Gasteiger charge is -2.15. The Balaban J connectivity index is 2.10. The lowest BCUT2D eigenvalue weighted by atomic mass is 10.2. The van der Waals surface area contributed by atoms with Gasteiger partial charge >= 0.3 is 0 Å². The SMILES string of the molecule is Nc1ccc(F)cc1NC1CCCC1. The summed E-state index contributed by atoms with van der Waals surface area (Å²) in [5, 5.41) is 3.28. The van der Waals surface area contributed by atoms with Crippen molar-refractivity contribution in [1.82, 2.24) is 0 Å². The fourth-order valence-corrected chi connectivity index (χ4v) is 1.94. The maximum absolute atomic E-state index is 12.9. The Morgan fingerprint density at radius 2 is 2.00 bits per heavy atom. The lowest BCUT2D eigenvalue weighted by Crippen LogP contribution is -2.15. The predicted molar refractivity (Wildman–Crippen MR) is 56.7 cm³/mol. The van der Waals surface area contributed by atoms with Gasteiger partial charge in [-0.2, -0.15) is 0 Å². The molecule has 0 saturated heterocycles. The van der Waals surface area contributed by atoms with Crippen LogP contribution in [0.3, 0.4) is 0 Å². The van der Waals surface area contributed by atoms with Crippen LogP contribution in [0.2, 0.25) is 0 Å². The van der Waals surface area contributed by atoms with Crippen molar-refractivity contribution in [2.24, 2.45) is 0 Å². The molecule has 0 bridgehead atoms. The summed E-state index contributed by atoms with van der Waals surface area (Å²) in [7, 11) is 0. The Morgan fingerprint density at radius 3 is 2.71 bits per heavy atom. The van der Waals surface area contributed by atoms with Crippen LogP contribution in [0.15, 0.2) is 18.2 Å². The Kier molecular flexibility index (Phi) is 2.57. The summed E-state index contributed by atoms with van der Waals surface area (Å²) in [5.41, 5.74) is 7.10. The number of anilines is 2. The first kappa shape index (κ1) is 9.31. The summed E-state index contributed by atoms with van der Waals surface area (Å²) < 4.78 is 12.9. The topological polar surface area (TPSA) is 38.0 Å². The van der Waals surface area contributed by atoms with Crippen LogP contribution in [0.4, 0.5) is 15.8 Å². The van der Waals surface area contributed by atoms with Gasteiger partial charge in [-0.1, -0.05) is 12.8 Å². The first-order valence-electron chi connectivity index (χ1n) is 5.07.